The van der Waals surface area contributed by atoms with Crippen molar-refractivity contribution in [3.8, 4) is 0 Å². The van der Waals surface area contributed by atoms with E-state index < -0.39 is 0 Å². The number of hydrogen-bond donors (Lipinski definition) is 3. The summed E-state index contributed by atoms with van der Waals surface area (Å²) < 4.78 is 0. The van der Waals surface area contributed by atoms with Crippen molar-refractivity contribution in [1.29, 1.82) is 0 Å². The zero-order chi connectivity index (χ0) is 9.26. The minimum absolute atomic E-state index is 0.780. The van der Waals surface area contributed by atoms with Crippen LogP contribution in [0.5, 0.6) is 0 Å². The molecular weight excluding hydrogens is 162 g/mol. The quantitative estimate of drug-likeness (QED) is 0.520. The molecule has 0 bridgehead atoms. The van der Waals surface area contributed by atoms with Crippen LogP contribution in [-0.2, 0) is 0 Å². The number of nitrogens with two attached hydrogens (primary N) is 1. The number of fused-ring (bicyclic) bond motifs is 1. The molecule has 1 aliphatic heterocycles. The fraction of sp³-hybridized carbons (Fsp3) is 0.200. The number of anilines is 2. The zero-order valence-electron chi connectivity index (χ0n) is 7.43. The molecule has 1 heterocycles. The van der Waals surface area contributed by atoms with Crippen molar-refractivity contribution in [2.45, 2.75) is 0 Å². The van der Waals surface area contributed by atoms with Crippen molar-refractivity contribution in [3.05, 3.63) is 30.3 Å². The maximum Gasteiger partial charge on any atom is 0.0668 e. The van der Waals surface area contributed by atoms with E-state index in [1.807, 2.05) is 18.2 Å². The van der Waals surface area contributed by atoms with Crippen molar-refractivity contribution in [3.63, 3.8) is 0 Å². The normalized spacial score (nSPS) is 15.2. The third-order valence-corrected chi connectivity index (χ3v) is 2.19. The van der Waals surface area contributed by atoms with E-state index in [0.29, 0.717) is 0 Å². The summed E-state index contributed by atoms with van der Waals surface area (Å²) in [4.78, 5) is 0. The predicted molar refractivity (Wildman–Crippen MR) is 56.4 cm³/mol. The van der Waals surface area contributed by atoms with Crippen LogP contribution >= 0.6 is 0 Å². The monoisotopic (exact) mass is 175 g/mol. The third kappa shape index (κ3) is 1.33. The maximum atomic E-state index is 5.84. The summed E-state index contributed by atoms with van der Waals surface area (Å²) in [5.41, 5.74) is 9.62. The SMILES string of the molecule is C=C1NCCNc2c(N)cccc21. The highest BCUT2D eigenvalue weighted by atomic mass is 15.0. The Labute approximate surface area is 77.6 Å². The topological polar surface area (TPSA) is 50.1 Å². The lowest BCUT2D eigenvalue weighted by Gasteiger charge is -2.10. The molecule has 0 radical (unpaired) electrons. The first-order valence-corrected chi connectivity index (χ1v) is 4.34. The third-order valence-electron chi connectivity index (χ3n) is 2.19. The van der Waals surface area contributed by atoms with Crippen molar-refractivity contribution >= 4 is 17.1 Å². The average molecular weight is 175 g/mol. The van der Waals surface area contributed by atoms with Crippen molar-refractivity contribution in [2.24, 2.45) is 0 Å². The summed E-state index contributed by atoms with van der Waals surface area (Å²) in [7, 11) is 0. The van der Waals surface area contributed by atoms with E-state index in [0.717, 1.165) is 35.7 Å². The van der Waals surface area contributed by atoms with E-state index in [1.165, 1.54) is 0 Å². The molecule has 0 fully saturated rings. The van der Waals surface area contributed by atoms with Gasteiger partial charge in [-0.25, -0.2) is 0 Å². The fourth-order valence-electron chi connectivity index (χ4n) is 1.52. The number of hydrogen-bond acceptors (Lipinski definition) is 3. The fourth-order valence-corrected chi connectivity index (χ4v) is 1.52. The second kappa shape index (κ2) is 3.01. The zero-order valence-corrected chi connectivity index (χ0v) is 7.43. The summed E-state index contributed by atoms with van der Waals surface area (Å²) >= 11 is 0. The van der Waals surface area contributed by atoms with Crippen molar-refractivity contribution in [2.75, 3.05) is 24.1 Å². The minimum Gasteiger partial charge on any atom is -0.397 e. The van der Waals surface area contributed by atoms with Gasteiger partial charge in [0.2, 0.25) is 0 Å². The van der Waals surface area contributed by atoms with Gasteiger partial charge in [0.1, 0.15) is 0 Å². The van der Waals surface area contributed by atoms with Crippen LogP contribution in [0.3, 0.4) is 0 Å². The first-order valence-electron chi connectivity index (χ1n) is 4.34. The molecule has 0 amide bonds. The van der Waals surface area contributed by atoms with Crippen LogP contribution in [0.1, 0.15) is 5.56 Å². The standard InChI is InChI=1S/C10H13N3/c1-7-8-3-2-4-9(11)10(8)13-6-5-12-7/h2-4,12-13H,1,5-6,11H2. The van der Waals surface area contributed by atoms with Gasteiger partial charge in [-0.1, -0.05) is 18.7 Å². The maximum absolute atomic E-state index is 5.84. The van der Waals surface area contributed by atoms with Gasteiger partial charge < -0.3 is 16.4 Å². The van der Waals surface area contributed by atoms with Crippen LogP contribution in [0, 0.1) is 0 Å². The first kappa shape index (κ1) is 7.98. The van der Waals surface area contributed by atoms with Gasteiger partial charge in [-0.3, -0.25) is 0 Å². The number of para-hydroxylation sites is 1. The van der Waals surface area contributed by atoms with Crippen LogP contribution in [0.25, 0.3) is 5.70 Å². The Morgan fingerprint density at radius 3 is 2.85 bits per heavy atom. The second-order valence-electron chi connectivity index (χ2n) is 3.10. The molecule has 1 aliphatic rings. The molecule has 0 saturated carbocycles. The average Bonchev–Trinajstić information content (AvgIpc) is 2.30. The smallest absolute Gasteiger partial charge is 0.0668 e. The van der Waals surface area contributed by atoms with Gasteiger partial charge in [-0.2, -0.15) is 0 Å². The van der Waals surface area contributed by atoms with Gasteiger partial charge in [0, 0.05) is 24.4 Å². The van der Waals surface area contributed by atoms with Gasteiger partial charge in [-0.15, -0.1) is 0 Å². The summed E-state index contributed by atoms with van der Waals surface area (Å²) in [5.74, 6) is 0. The molecule has 3 heteroatoms. The molecule has 68 valence electrons. The summed E-state index contributed by atoms with van der Waals surface area (Å²) in [6.07, 6.45) is 0. The Balaban J connectivity index is 2.54. The first-order chi connectivity index (χ1) is 6.29. The molecule has 0 aliphatic carbocycles. The van der Waals surface area contributed by atoms with E-state index in [2.05, 4.69) is 17.2 Å². The van der Waals surface area contributed by atoms with Gasteiger partial charge in [0.05, 0.1) is 11.4 Å². The van der Waals surface area contributed by atoms with Gasteiger partial charge in [0.15, 0.2) is 0 Å². The van der Waals surface area contributed by atoms with E-state index in [1.54, 1.807) is 0 Å². The number of nitrogens with one attached hydrogen (secondary N) is 2. The Morgan fingerprint density at radius 1 is 1.23 bits per heavy atom. The van der Waals surface area contributed by atoms with Crippen molar-refractivity contribution < 1.29 is 0 Å². The highest BCUT2D eigenvalue weighted by Crippen LogP contribution is 2.28. The highest BCUT2D eigenvalue weighted by molar-refractivity contribution is 5.83. The minimum atomic E-state index is 0.780. The molecule has 0 spiro atoms. The molecule has 0 atom stereocenters. The molecular formula is C10H13N3. The molecule has 0 saturated heterocycles. The van der Waals surface area contributed by atoms with E-state index >= 15 is 0 Å². The largest absolute Gasteiger partial charge is 0.397 e. The Kier molecular flexibility index (Phi) is 1.85. The molecule has 0 aromatic heterocycles. The van der Waals surface area contributed by atoms with E-state index in [-0.39, 0.29) is 0 Å². The second-order valence-corrected chi connectivity index (χ2v) is 3.10. The number of benzene rings is 1. The molecule has 3 nitrogen and oxygen atoms in total. The van der Waals surface area contributed by atoms with Crippen LogP contribution in [-0.4, -0.2) is 13.1 Å². The molecule has 13 heavy (non-hydrogen) atoms. The van der Waals surface area contributed by atoms with Crippen LogP contribution in [0.15, 0.2) is 24.8 Å². The van der Waals surface area contributed by atoms with Gasteiger partial charge >= 0.3 is 0 Å². The van der Waals surface area contributed by atoms with E-state index in [4.69, 9.17) is 5.73 Å². The summed E-state index contributed by atoms with van der Waals surface area (Å²) in [6.45, 7) is 5.71. The summed E-state index contributed by atoms with van der Waals surface area (Å²) in [5, 5.41) is 6.49. The molecule has 2 rings (SSSR count). The van der Waals surface area contributed by atoms with Crippen LogP contribution in [0.4, 0.5) is 11.4 Å². The molecule has 4 N–H and O–H groups in total. The van der Waals surface area contributed by atoms with E-state index in [9.17, 15) is 0 Å². The number of rotatable bonds is 0. The van der Waals surface area contributed by atoms with Crippen molar-refractivity contribution in [1.82, 2.24) is 5.32 Å². The Morgan fingerprint density at radius 2 is 2.00 bits per heavy atom. The lowest BCUT2D eigenvalue weighted by atomic mass is 10.1. The number of nitrogen functional groups attached to an aromatic ring is 1. The van der Waals surface area contributed by atoms with Gasteiger partial charge in [-0.05, 0) is 6.07 Å². The summed E-state index contributed by atoms with van der Waals surface area (Å²) in [6, 6.07) is 5.85. The highest BCUT2D eigenvalue weighted by Gasteiger charge is 2.11. The van der Waals surface area contributed by atoms with Crippen LogP contribution in [0.2, 0.25) is 0 Å². The van der Waals surface area contributed by atoms with Gasteiger partial charge in [0.25, 0.3) is 0 Å². The Bertz CT molecular complexity index is 344. The lowest BCUT2D eigenvalue weighted by molar-refractivity contribution is 0.904. The molecule has 1 aromatic carbocycles. The lowest BCUT2D eigenvalue weighted by Crippen LogP contribution is -2.15. The molecule has 1 aromatic rings. The Hall–Kier alpha value is -1.64. The molecule has 0 unspecified atom stereocenters. The van der Waals surface area contributed by atoms with Crippen LogP contribution < -0.4 is 16.4 Å². The predicted octanol–water partition coefficient (Wildman–Crippen LogP) is 1.25.